The molecule has 0 unspecified atom stereocenters. The normalized spacial score (nSPS) is 16.9. The van der Waals surface area contributed by atoms with Crippen LogP contribution in [0.3, 0.4) is 0 Å². The van der Waals surface area contributed by atoms with Crippen LogP contribution in [0.25, 0.3) is 5.69 Å². The van der Waals surface area contributed by atoms with Gasteiger partial charge in [-0.05, 0) is 80.2 Å². The highest BCUT2D eigenvalue weighted by Gasteiger charge is 2.43. The van der Waals surface area contributed by atoms with E-state index in [9.17, 15) is 18.0 Å². The summed E-state index contributed by atoms with van der Waals surface area (Å²) in [6, 6.07) is 17.2. The van der Waals surface area contributed by atoms with Crippen LogP contribution in [0.15, 0.2) is 72.9 Å². The number of carbonyl (C=O) groups excluding carboxylic acids is 1. The van der Waals surface area contributed by atoms with Crippen molar-refractivity contribution < 1.29 is 22.7 Å². The number of ether oxygens (including phenoxy) is 1. The third-order valence-corrected chi connectivity index (χ3v) is 7.74. The van der Waals surface area contributed by atoms with Gasteiger partial charge in [-0.2, -0.15) is 13.2 Å². The first-order valence-electron chi connectivity index (χ1n) is 13.0. The molecule has 7 nitrogen and oxygen atoms in total. The van der Waals surface area contributed by atoms with Gasteiger partial charge in [0.15, 0.2) is 5.11 Å². The van der Waals surface area contributed by atoms with Crippen LogP contribution in [0.4, 0.5) is 24.5 Å². The van der Waals surface area contributed by atoms with Gasteiger partial charge < -0.3 is 24.8 Å². The van der Waals surface area contributed by atoms with Crippen molar-refractivity contribution in [3.8, 4) is 5.69 Å². The minimum Gasteiger partial charge on any atom is -0.375 e. The van der Waals surface area contributed by atoms with Crippen LogP contribution in [0, 0.1) is 13.8 Å². The average molecular weight is 614 g/mol. The number of amides is 1. The standard InChI is InChI=1S/C30H27ClF3N5O2S/c1-17-14-20(18(2)38(17)25-10-5-4-8-21(25)30(32,33)34)28-27(24-9-6-7-13-35-24)37-29(42)39(28)19-11-12-23(22(31)15-19)36-26(40)16-41-3/h4-15,27-28H,16H2,1-3H3,(H,36,40)(H,37,42)/t27-,28+/m1/s1. The molecule has 1 aliphatic heterocycles. The van der Waals surface area contributed by atoms with E-state index in [1.54, 1.807) is 54.9 Å². The third kappa shape index (κ3) is 5.59. The summed E-state index contributed by atoms with van der Waals surface area (Å²) in [7, 11) is 1.42. The Balaban J connectivity index is 1.64. The van der Waals surface area contributed by atoms with Crippen molar-refractivity contribution in [3.63, 3.8) is 0 Å². The number of rotatable bonds is 7. The molecule has 1 amide bonds. The Bertz CT molecular complexity index is 1640. The Kier molecular flexibility index (Phi) is 8.27. The molecule has 1 aliphatic rings. The van der Waals surface area contributed by atoms with Crippen molar-refractivity contribution in [2.45, 2.75) is 32.1 Å². The molecule has 2 N–H and O–H groups in total. The molecule has 1 saturated heterocycles. The predicted octanol–water partition coefficient (Wildman–Crippen LogP) is 6.92. The van der Waals surface area contributed by atoms with Crippen LogP contribution in [0.1, 0.15) is 40.3 Å². The van der Waals surface area contributed by atoms with E-state index in [2.05, 4.69) is 15.6 Å². The summed E-state index contributed by atoms with van der Waals surface area (Å²) < 4.78 is 48.5. The van der Waals surface area contributed by atoms with Gasteiger partial charge in [-0.25, -0.2) is 0 Å². The predicted molar refractivity (Wildman–Crippen MR) is 160 cm³/mol. The number of nitrogens with zero attached hydrogens (tertiary/aromatic N) is 3. The molecule has 0 saturated carbocycles. The first-order valence-corrected chi connectivity index (χ1v) is 13.7. The lowest BCUT2D eigenvalue weighted by Gasteiger charge is -2.28. The molecule has 42 heavy (non-hydrogen) atoms. The number of methoxy groups -OCH3 is 1. The van der Waals surface area contributed by atoms with Crippen molar-refractivity contribution in [1.29, 1.82) is 0 Å². The van der Waals surface area contributed by atoms with Crippen molar-refractivity contribution in [1.82, 2.24) is 14.9 Å². The van der Waals surface area contributed by atoms with Crippen LogP contribution in [0.2, 0.25) is 5.02 Å². The Morgan fingerprint density at radius 3 is 2.52 bits per heavy atom. The lowest BCUT2D eigenvalue weighted by molar-refractivity contribution is -0.137. The molecule has 0 bridgehead atoms. The molecule has 3 heterocycles. The fourth-order valence-electron chi connectivity index (χ4n) is 5.39. The number of benzene rings is 2. The molecule has 12 heteroatoms. The molecule has 2 atom stereocenters. The van der Waals surface area contributed by atoms with Crippen molar-refractivity contribution >= 4 is 46.2 Å². The zero-order chi connectivity index (χ0) is 30.2. The van der Waals surface area contributed by atoms with Gasteiger partial charge in [-0.1, -0.05) is 29.8 Å². The van der Waals surface area contributed by atoms with E-state index in [1.165, 1.54) is 19.2 Å². The summed E-state index contributed by atoms with van der Waals surface area (Å²) in [4.78, 5) is 18.5. The number of alkyl halides is 3. The summed E-state index contributed by atoms with van der Waals surface area (Å²) in [5.41, 5.74) is 3.08. The van der Waals surface area contributed by atoms with Gasteiger partial charge in [-0.15, -0.1) is 0 Å². The molecule has 0 aliphatic carbocycles. The first-order chi connectivity index (χ1) is 20.0. The minimum atomic E-state index is -4.53. The second-order valence-electron chi connectivity index (χ2n) is 9.82. The van der Waals surface area contributed by atoms with Crippen LogP contribution in [-0.2, 0) is 15.7 Å². The summed E-state index contributed by atoms with van der Waals surface area (Å²) in [5, 5.41) is 6.74. The first kappa shape index (κ1) is 29.6. The van der Waals surface area contributed by atoms with Crippen molar-refractivity contribution in [2.24, 2.45) is 0 Å². The molecule has 2 aromatic carbocycles. The number of pyridine rings is 1. The zero-order valence-electron chi connectivity index (χ0n) is 22.9. The Labute approximate surface area is 251 Å². The van der Waals surface area contributed by atoms with E-state index in [0.717, 1.165) is 11.6 Å². The lowest BCUT2D eigenvalue weighted by Crippen LogP contribution is -2.29. The highest BCUT2D eigenvalue weighted by molar-refractivity contribution is 7.80. The topological polar surface area (TPSA) is 71.4 Å². The number of anilines is 2. The lowest BCUT2D eigenvalue weighted by atomic mass is 9.96. The fourth-order valence-corrected chi connectivity index (χ4v) is 5.96. The van der Waals surface area contributed by atoms with E-state index in [4.69, 9.17) is 28.6 Å². The smallest absolute Gasteiger partial charge is 0.375 e. The number of aryl methyl sites for hydroxylation is 1. The molecule has 4 aromatic rings. The van der Waals surface area contributed by atoms with Gasteiger partial charge in [0, 0.05) is 30.4 Å². The Hall–Kier alpha value is -3.93. The fraction of sp³-hybridized carbons (Fsp3) is 0.233. The van der Waals surface area contributed by atoms with Crippen LogP contribution < -0.4 is 15.5 Å². The molecule has 218 valence electrons. The number of para-hydroxylation sites is 1. The largest absolute Gasteiger partial charge is 0.418 e. The SMILES string of the molecule is COCC(=O)Nc1ccc(N2C(=S)N[C@H](c3ccccn3)[C@@H]2c2cc(C)n(-c3ccccc3C(F)(F)F)c2C)cc1Cl. The summed E-state index contributed by atoms with van der Waals surface area (Å²) in [6.07, 6.45) is -2.85. The summed E-state index contributed by atoms with van der Waals surface area (Å²) >= 11 is 12.4. The van der Waals surface area contributed by atoms with E-state index in [1.807, 2.05) is 23.1 Å². The van der Waals surface area contributed by atoms with Crippen molar-refractivity contribution in [3.05, 3.63) is 106 Å². The summed E-state index contributed by atoms with van der Waals surface area (Å²) in [6.45, 7) is 3.45. The number of thiocarbonyl (C=S) groups is 1. The van der Waals surface area contributed by atoms with Gasteiger partial charge in [0.25, 0.3) is 0 Å². The maximum Gasteiger partial charge on any atom is 0.418 e. The van der Waals surface area contributed by atoms with Crippen LogP contribution in [-0.4, -0.2) is 34.3 Å². The maximum atomic E-state index is 14.0. The average Bonchev–Trinajstić information content (AvgIpc) is 3.44. The number of halogens is 4. The zero-order valence-corrected chi connectivity index (χ0v) is 24.4. The monoisotopic (exact) mass is 613 g/mol. The van der Waals surface area contributed by atoms with Gasteiger partial charge >= 0.3 is 6.18 Å². The second-order valence-corrected chi connectivity index (χ2v) is 10.6. The highest BCUT2D eigenvalue weighted by atomic mass is 35.5. The molecule has 1 fully saturated rings. The van der Waals surface area contributed by atoms with E-state index in [0.29, 0.717) is 33.6 Å². The number of hydrogen-bond donors (Lipinski definition) is 2. The number of carbonyl (C=O) groups is 1. The minimum absolute atomic E-state index is 0.0416. The van der Waals surface area contributed by atoms with Crippen LogP contribution >= 0.6 is 23.8 Å². The van der Waals surface area contributed by atoms with Crippen LogP contribution in [0.5, 0.6) is 0 Å². The molecular weight excluding hydrogens is 587 g/mol. The molecule has 5 rings (SSSR count). The van der Waals surface area contributed by atoms with Gasteiger partial charge in [0.05, 0.1) is 39.7 Å². The van der Waals surface area contributed by atoms with E-state index >= 15 is 0 Å². The van der Waals surface area contributed by atoms with Gasteiger partial charge in [0.2, 0.25) is 5.91 Å². The number of hydrogen-bond acceptors (Lipinski definition) is 4. The third-order valence-electron chi connectivity index (χ3n) is 7.12. The maximum absolute atomic E-state index is 14.0. The number of nitrogens with one attached hydrogen (secondary N) is 2. The quantitative estimate of drug-likeness (QED) is 0.221. The Morgan fingerprint density at radius 1 is 1.12 bits per heavy atom. The molecule has 0 spiro atoms. The van der Waals surface area contributed by atoms with E-state index < -0.39 is 23.8 Å². The highest BCUT2D eigenvalue weighted by Crippen LogP contribution is 2.45. The Morgan fingerprint density at radius 2 is 1.86 bits per heavy atom. The number of aromatic nitrogens is 2. The molecule has 0 radical (unpaired) electrons. The summed E-state index contributed by atoms with van der Waals surface area (Å²) in [5.74, 6) is -0.356. The second kappa shape index (κ2) is 11.7. The van der Waals surface area contributed by atoms with E-state index in [-0.39, 0.29) is 23.2 Å². The van der Waals surface area contributed by atoms with Gasteiger partial charge in [-0.3, -0.25) is 9.78 Å². The molecule has 2 aromatic heterocycles. The van der Waals surface area contributed by atoms with Gasteiger partial charge in [0.1, 0.15) is 6.61 Å². The van der Waals surface area contributed by atoms with Crippen molar-refractivity contribution in [2.75, 3.05) is 23.9 Å². The molecular formula is C30H27ClF3N5O2S.